The molecule has 1 saturated heterocycles. The molecule has 0 radical (unpaired) electrons. The van der Waals surface area contributed by atoms with Crippen molar-refractivity contribution in [3.63, 3.8) is 0 Å². The van der Waals surface area contributed by atoms with E-state index in [2.05, 4.69) is 23.6 Å². The third kappa shape index (κ3) is 7.97. The summed E-state index contributed by atoms with van der Waals surface area (Å²) in [5.41, 5.74) is 1.92. The zero-order valence-electron chi connectivity index (χ0n) is 23.8. The molecule has 3 atom stereocenters. The van der Waals surface area contributed by atoms with Crippen LogP contribution in [-0.4, -0.2) is 47.2 Å². The summed E-state index contributed by atoms with van der Waals surface area (Å²) >= 11 is 0. The fourth-order valence-electron chi connectivity index (χ4n) is 6.66. The van der Waals surface area contributed by atoms with E-state index < -0.39 is 0 Å². The first-order valence-electron chi connectivity index (χ1n) is 14.7. The largest absolute Gasteiger partial charge is 0.337 e. The number of carbonyl (C=O) groups is 2. The Morgan fingerprint density at radius 3 is 1.79 bits per heavy atom. The van der Waals surface area contributed by atoms with Crippen LogP contribution in [0.4, 0.5) is 8.78 Å². The predicted molar refractivity (Wildman–Crippen MR) is 151 cm³/mol. The van der Waals surface area contributed by atoms with Crippen LogP contribution >= 0.6 is 0 Å². The first-order valence-corrected chi connectivity index (χ1v) is 14.7. The van der Waals surface area contributed by atoms with Crippen molar-refractivity contribution in [2.24, 2.45) is 17.8 Å². The minimum absolute atomic E-state index is 0.0636. The molecule has 6 heteroatoms. The number of carbonyl (C=O) groups excluding carboxylic acids is 2. The van der Waals surface area contributed by atoms with Crippen molar-refractivity contribution in [2.75, 3.05) is 19.6 Å². The zero-order valence-corrected chi connectivity index (χ0v) is 23.8. The molecule has 4 nitrogen and oxygen atoms in total. The molecular weight excluding hydrogens is 494 g/mol. The van der Waals surface area contributed by atoms with E-state index in [4.69, 9.17) is 0 Å². The molecule has 2 aromatic rings. The average molecular weight is 539 g/mol. The Labute approximate surface area is 232 Å². The summed E-state index contributed by atoms with van der Waals surface area (Å²) in [5, 5.41) is 0. The maximum Gasteiger partial charge on any atom is 0.223 e. The third-order valence-corrected chi connectivity index (χ3v) is 8.77. The summed E-state index contributed by atoms with van der Waals surface area (Å²) in [6, 6.07) is 13.0. The highest BCUT2D eigenvalue weighted by Crippen LogP contribution is 2.34. The van der Waals surface area contributed by atoms with Gasteiger partial charge in [0.25, 0.3) is 0 Å². The van der Waals surface area contributed by atoms with E-state index in [1.807, 2.05) is 0 Å². The number of ketones is 1. The second-order valence-electron chi connectivity index (χ2n) is 12.1. The fraction of sp³-hybridized carbons (Fsp3) is 0.576. The molecule has 4 rings (SSSR count). The Bertz CT molecular complexity index is 1040. The molecule has 2 aromatic carbocycles. The minimum atomic E-state index is -0.283. The van der Waals surface area contributed by atoms with E-state index in [0.717, 1.165) is 49.7 Å². The molecule has 1 aliphatic heterocycles. The summed E-state index contributed by atoms with van der Waals surface area (Å²) in [6.07, 6.45) is 7.79. The highest BCUT2D eigenvalue weighted by Gasteiger charge is 2.36. The second-order valence-corrected chi connectivity index (χ2v) is 12.1. The van der Waals surface area contributed by atoms with E-state index in [-0.39, 0.29) is 41.3 Å². The topological polar surface area (TPSA) is 40.6 Å². The fourth-order valence-corrected chi connectivity index (χ4v) is 6.66. The van der Waals surface area contributed by atoms with Gasteiger partial charge in [0.05, 0.1) is 6.04 Å². The molecule has 0 N–H and O–H groups in total. The lowest BCUT2D eigenvalue weighted by atomic mass is 9.82. The van der Waals surface area contributed by atoms with Gasteiger partial charge in [0.2, 0.25) is 5.91 Å². The first kappa shape index (κ1) is 29.4. The molecule has 1 saturated carbocycles. The number of rotatable bonds is 8. The van der Waals surface area contributed by atoms with Crippen molar-refractivity contribution < 1.29 is 18.4 Å². The van der Waals surface area contributed by atoms with E-state index in [1.54, 1.807) is 31.2 Å². The number of halogens is 2. The molecular formula is C33H44F2N2O2. The second kappa shape index (κ2) is 13.6. The number of hydrogen-bond donors (Lipinski definition) is 0. The smallest absolute Gasteiger partial charge is 0.223 e. The monoisotopic (exact) mass is 538 g/mol. The summed E-state index contributed by atoms with van der Waals surface area (Å²) < 4.78 is 27.5. The van der Waals surface area contributed by atoms with Crippen LogP contribution in [-0.2, 0) is 9.59 Å². The van der Waals surface area contributed by atoms with Crippen LogP contribution in [0.1, 0.15) is 89.3 Å². The molecule has 0 bridgehead atoms. The maximum absolute atomic E-state index is 13.8. The highest BCUT2D eigenvalue weighted by molar-refractivity contribution is 5.77. The Balaban J connectivity index is 1.47. The van der Waals surface area contributed by atoms with Crippen LogP contribution in [0.5, 0.6) is 0 Å². The third-order valence-electron chi connectivity index (χ3n) is 8.77. The number of hydrogen-bond acceptors (Lipinski definition) is 3. The Morgan fingerprint density at radius 1 is 0.795 bits per heavy atom. The summed E-state index contributed by atoms with van der Waals surface area (Å²) in [4.78, 5) is 29.8. The SMILES string of the molecule is CC(=O)CC1CCCCC(CC(=O)N2CCN(C(c3ccc(F)cc3)c3ccc(F)cc3)C[C@@H]2C(C)C)CC1. The molecule has 1 heterocycles. The lowest BCUT2D eigenvalue weighted by Crippen LogP contribution is -2.58. The average Bonchev–Trinajstić information content (AvgIpc) is 2.89. The van der Waals surface area contributed by atoms with E-state index in [0.29, 0.717) is 44.3 Å². The molecule has 0 spiro atoms. The van der Waals surface area contributed by atoms with Crippen molar-refractivity contribution in [3.05, 3.63) is 71.3 Å². The standard InChI is InChI=1S/C33H44F2N2O2/c1-23(2)31-22-36(33(27-10-14-29(34)15-11-27)28-12-16-30(35)17-13-28)18-19-37(31)32(39)21-26-7-5-4-6-25(8-9-26)20-24(3)38/h10-17,23,25-26,31,33H,4-9,18-22H2,1-3H3/t25?,26?,31-/m1/s1. The van der Waals surface area contributed by atoms with Crippen molar-refractivity contribution in [1.82, 2.24) is 9.80 Å². The van der Waals surface area contributed by atoms with Gasteiger partial charge in [0.1, 0.15) is 17.4 Å². The predicted octanol–water partition coefficient (Wildman–Crippen LogP) is 7.18. The number of Topliss-reactive ketones (excluding diaryl/α,β-unsaturated/α-hetero) is 1. The normalized spacial score (nSPS) is 23.1. The van der Waals surface area contributed by atoms with Crippen molar-refractivity contribution in [1.29, 1.82) is 0 Å². The van der Waals surface area contributed by atoms with Crippen LogP contribution in [0.25, 0.3) is 0 Å². The molecule has 2 fully saturated rings. The zero-order chi connectivity index (χ0) is 27.9. The van der Waals surface area contributed by atoms with Gasteiger partial charge in [-0.1, -0.05) is 57.4 Å². The molecule has 39 heavy (non-hydrogen) atoms. The highest BCUT2D eigenvalue weighted by atomic mass is 19.1. The van der Waals surface area contributed by atoms with Crippen LogP contribution in [0.2, 0.25) is 0 Å². The number of benzene rings is 2. The number of amides is 1. The van der Waals surface area contributed by atoms with E-state index in [9.17, 15) is 18.4 Å². The van der Waals surface area contributed by atoms with Gasteiger partial charge in [-0.05, 0) is 79.3 Å². The van der Waals surface area contributed by atoms with Crippen molar-refractivity contribution in [2.45, 2.75) is 84.2 Å². The Morgan fingerprint density at radius 2 is 1.31 bits per heavy atom. The van der Waals surface area contributed by atoms with E-state index in [1.165, 1.54) is 24.3 Å². The molecule has 2 aliphatic rings. The molecule has 212 valence electrons. The van der Waals surface area contributed by atoms with Crippen molar-refractivity contribution >= 4 is 11.7 Å². The quantitative estimate of drug-likeness (QED) is 0.358. The van der Waals surface area contributed by atoms with Gasteiger partial charge in [-0.25, -0.2) is 8.78 Å². The van der Waals surface area contributed by atoms with Crippen LogP contribution in [0.3, 0.4) is 0 Å². The van der Waals surface area contributed by atoms with Gasteiger partial charge in [-0.3, -0.25) is 9.69 Å². The van der Waals surface area contributed by atoms with Crippen LogP contribution < -0.4 is 0 Å². The van der Waals surface area contributed by atoms with E-state index >= 15 is 0 Å². The lowest BCUT2D eigenvalue weighted by molar-refractivity contribution is -0.139. The van der Waals surface area contributed by atoms with Crippen molar-refractivity contribution in [3.8, 4) is 0 Å². The maximum atomic E-state index is 13.8. The van der Waals surface area contributed by atoms with Gasteiger partial charge in [-0.2, -0.15) is 0 Å². The summed E-state index contributed by atoms with van der Waals surface area (Å²) in [7, 11) is 0. The number of piperazine rings is 1. The van der Waals surface area contributed by atoms with Gasteiger partial charge in [-0.15, -0.1) is 0 Å². The van der Waals surface area contributed by atoms with Gasteiger partial charge < -0.3 is 9.69 Å². The minimum Gasteiger partial charge on any atom is -0.337 e. The summed E-state index contributed by atoms with van der Waals surface area (Å²) in [5.74, 6) is 1.05. The molecule has 0 aromatic heterocycles. The molecule has 2 unspecified atom stereocenters. The Kier molecular flexibility index (Phi) is 10.3. The lowest BCUT2D eigenvalue weighted by Gasteiger charge is -2.46. The molecule has 1 aliphatic carbocycles. The van der Waals surface area contributed by atoms with Gasteiger partial charge in [0.15, 0.2) is 0 Å². The Hall–Kier alpha value is -2.60. The summed E-state index contributed by atoms with van der Waals surface area (Å²) in [6.45, 7) is 8.05. The first-order chi connectivity index (χ1) is 18.7. The number of nitrogens with zero attached hydrogens (tertiary/aromatic N) is 2. The van der Waals surface area contributed by atoms with Crippen LogP contribution in [0, 0.1) is 29.4 Å². The molecule has 1 amide bonds. The van der Waals surface area contributed by atoms with Gasteiger partial charge >= 0.3 is 0 Å². The van der Waals surface area contributed by atoms with Crippen LogP contribution in [0.15, 0.2) is 48.5 Å². The van der Waals surface area contributed by atoms with Gasteiger partial charge in [0, 0.05) is 38.5 Å².